The summed E-state index contributed by atoms with van der Waals surface area (Å²) in [5.41, 5.74) is 1.19. The molecule has 2 aromatic rings. The molecule has 1 N–H and O–H groups in total. The van der Waals surface area contributed by atoms with Crippen LogP contribution in [0.5, 0.6) is 0 Å². The zero-order valence-corrected chi connectivity index (χ0v) is 14.2. The van der Waals surface area contributed by atoms with Gasteiger partial charge in [0.15, 0.2) is 5.82 Å². The van der Waals surface area contributed by atoms with Gasteiger partial charge in [0, 0.05) is 17.3 Å². The normalized spacial score (nSPS) is 12.7. The quantitative estimate of drug-likeness (QED) is 0.465. The predicted octanol–water partition coefficient (Wildman–Crippen LogP) is -1.27. The Morgan fingerprint density at radius 3 is 2.75 bits per heavy atom. The summed E-state index contributed by atoms with van der Waals surface area (Å²) in [7, 11) is -4.28. The van der Waals surface area contributed by atoms with Crippen LogP contribution < -0.4 is 34.9 Å². The van der Waals surface area contributed by atoms with Crippen LogP contribution >= 0.6 is 11.8 Å². The van der Waals surface area contributed by atoms with Crippen LogP contribution in [0.3, 0.4) is 0 Å². The SMILES string of the molecule is O=S(=O)([O-])Cc1ccc2c(c1)Nc1nccnc1S2.[Na+]. The van der Waals surface area contributed by atoms with E-state index >= 15 is 0 Å². The van der Waals surface area contributed by atoms with E-state index < -0.39 is 15.9 Å². The summed E-state index contributed by atoms with van der Waals surface area (Å²) in [6, 6.07) is 5.05. The van der Waals surface area contributed by atoms with Gasteiger partial charge in [0.1, 0.15) is 5.03 Å². The van der Waals surface area contributed by atoms with Gasteiger partial charge in [-0.2, -0.15) is 0 Å². The Morgan fingerprint density at radius 1 is 1.25 bits per heavy atom. The van der Waals surface area contributed by atoms with Gasteiger partial charge >= 0.3 is 29.6 Å². The molecule has 1 aliphatic rings. The molecule has 0 saturated carbocycles. The van der Waals surface area contributed by atoms with Gasteiger partial charge < -0.3 is 9.87 Å². The molecule has 0 saturated heterocycles. The van der Waals surface area contributed by atoms with E-state index in [0.717, 1.165) is 15.6 Å². The van der Waals surface area contributed by atoms with Gasteiger partial charge in [-0.25, -0.2) is 18.4 Å². The second-order valence-electron chi connectivity index (χ2n) is 3.97. The summed E-state index contributed by atoms with van der Waals surface area (Å²) in [6.07, 6.45) is 3.18. The minimum Gasteiger partial charge on any atom is -0.748 e. The molecule has 0 fully saturated rings. The zero-order valence-electron chi connectivity index (χ0n) is 10.5. The predicted molar refractivity (Wildman–Crippen MR) is 69.3 cm³/mol. The van der Waals surface area contributed by atoms with Gasteiger partial charge in [0.2, 0.25) is 0 Å². The first-order valence-corrected chi connectivity index (χ1v) is 7.73. The molecule has 9 heteroatoms. The number of aromatic nitrogens is 2. The standard InChI is InChI=1S/C11H9N3O3S2.Na/c15-19(16,17)6-7-1-2-9-8(5-7)14-10-11(18-9)13-4-3-12-10;/h1-5H,6H2,(H,12,14)(H,15,16,17);/q;+1/p-1. The van der Waals surface area contributed by atoms with Crippen molar-refractivity contribution in [2.45, 2.75) is 15.7 Å². The van der Waals surface area contributed by atoms with Gasteiger partial charge in [-0.05, 0) is 17.7 Å². The molecular formula is C11H8N3NaO3S2. The molecule has 0 radical (unpaired) electrons. The third-order valence-corrected chi connectivity index (χ3v) is 4.27. The zero-order chi connectivity index (χ0) is 13.5. The number of rotatable bonds is 2. The topological polar surface area (TPSA) is 95.0 Å². The molecule has 6 nitrogen and oxygen atoms in total. The van der Waals surface area contributed by atoms with Crippen molar-refractivity contribution >= 4 is 33.4 Å². The molecule has 98 valence electrons. The third kappa shape index (κ3) is 3.51. The monoisotopic (exact) mass is 317 g/mol. The molecule has 1 aliphatic heterocycles. The van der Waals surface area contributed by atoms with Crippen LogP contribution in [0.15, 0.2) is 40.5 Å². The number of benzene rings is 1. The number of hydrogen-bond donors (Lipinski definition) is 1. The van der Waals surface area contributed by atoms with Gasteiger partial charge in [0.25, 0.3) is 0 Å². The van der Waals surface area contributed by atoms with E-state index in [4.69, 9.17) is 0 Å². The van der Waals surface area contributed by atoms with Crippen LogP contribution in [-0.4, -0.2) is 22.9 Å². The van der Waals surface area contributed by atoms with E-state index in [-0.39, 0.29) is 29.6 Å². The summed E-state index contributed by atoms with van der Waals surface area (Å²) in [6.45, 7) is 0. The molecule has 0 bridgehead atoms. The Morgan fingerprint density at radius 2 is 2.00 bits per heavy atom. The summed E-state index contributed by atoms with van der Waals surface area (Å²) in [4.78, 5) is 9.26. The number of fused-ring (bicyclic) bond motifs is 2. The fourth-order valence-corrected chi connectivity index (χ4v) is 3.24. The molecule has 1 aromatic heterocycles. The van der Waals surface area contributed by atoms with Crippen molar-refractivity contribution < 1.29 is 42.5 Å². The number of anilines is 2. The molecule has 20 heavy (non-hydrogen) atoms. The molecule has 2 heterocycles. The first-order chi connectivity index (χ1) is 9.01. The molecule has 0 atom stereocenters. The van der Waals surface area contributed by atoms with Crippen molar-refractivity contribution in [3.63, 3.8) is 0 Å². The van der Waals surface area contributed by atoms with Crippen LogP contribution in [0.25, 0.3) is 0 Å². The molecule has 0 aliphatic carbocycles. The minimum atomic E-state index is -4.28. The average molecular weight is 317 g/mol. The van der Waals surface area contributed by atoms with Crippen molar-refractivity contribution in [2.24, 2.45) is 0 Å². The largest absolute Gasteiger partial charge is 1.00 e. The van der Waals surface area contributed by atoms with Crippen LogP contribution in [0.4, 0.5) is 11.5 Å². The Labute approximate surface area is 142 Å². The third-order valence-electron chi connectivity index (χ3n) is 2.51. The van der Waals surface area contributed by atoms with Crippen molar-refractivity contribution in [1.29, 1.82) is 0 Å². The van der Waals surface area contributed by atoms with Crippen molar-refractivity contribution in [1.82, 2.24) is 9.97 Å². The molecule has 1 aromatic carbocycles. The number of nitrogens with zero attached hydrogens (tertiary/aromatic N) is 2. The second-order valence-corrected chi connectivity index (χ2v) is 6.40. The second kappa shape index (κ2) is 6.00. The fraction of sp³-hybridized carbons (Fsp3) is 0.0909. The summed E-state index contributed by atoms with van der Waals surface area (Å²) in [5, 5.41) is 3.84. The molecular weight excluding hydrogens is 309 g/mol. The number of nitrogens with one attached hydrogen (secondary N) is 1. The number of hydrogen-bond acceptors (Lipinski definition) is 7. The first-order valence-electron chi connectivity index (χ1n) is 5.34. The van der Waals surface area contributed by atoms with E-state index in [2.05, 4.69) is 15.3 Å². The fourth-order valence-electron chi connectivity index (χ4n) is 1.78. The van der Waals surface area contributed by atoms with Crippen LogP contribution in [-0.2, 0) is 15.9 Å². The van der Waals surface area contributed by atoms with E-state index in [1.165, 1.54) is 11.8 Å². The molecule has 0 amide bonds. The molecule has 0 spiro atoms. The smallest absolute Gasteiger partial charge is 0.748 e. The Bertz CT molecular complexity index is 752. The summed E-state index contributed by atoms with van der Waals surface area (Å²) < 4.78 is 32.3. The van der Waals surface area contributed by atoms with Crippen LogP contribution in [0.1, 0.15) is 5.56 Å². The van der Waals surface area contributed by atoms with Gasteiger partial charge in [-0.3, -0.25) is 0 Å². The summed E-state index contributed by atoms with van der Waals surface area (Å²) in [5.74, 6) is 0.113. The summed E-state index contributed by atoms with van der Waals surface area (Å²) >= 11 is 1.45. The average Bonchev–Trinajstić information content (AvgIpc) is 2.34. The molecule has 0 unspecified atom stereocenters. The van der Waals surface area contributed by atoms with Crippen molar-refractivity contribution in [3.05, 3.63) is 36.2 Å². The van der Waals surface area contributed by atoms with E-state index in [1.54, 1.807) is 30.6 Å². The van der Waals surface area contributed by atoms with Crippen molar-refractivity contribution in [3.8, 4) is 0 Å². The maximum absolute atomic E-state index is 10.8. The van der Waals surface area contributed by atoms with E-state index in [0.29, 0.717) is 11.4 Å². The first kappa shape index (κ1) is 15.7. The maximum atomic E-state index is 10.8. The van der Waals surface area contributed by atoms with Gasteiger partial charge in [-0.15, -0.1) is 0 Å². The molecule has 3 rings (SSSR count). The van der Waals surface area contributed by atoms with E-state index in [9.17, 15) is 13.0 Å². The van der Waals surface area contributed by atoms with E-state index in [1.807, 2.05) is 0 Å². The maximum Gasteiger partial charge on any atom is 1.00 e. The van der Waals surface area contributed by atoms with Crippen LogP contribution in [0, 0.1) is 0 Å². The Hall–Kier alpha value is -0.640. The Kier molecular flexibility index (Phi) is 4.73. The Balaban J connectivity index is 0.00000147. The van der Waals surface area contributed by atoms with Gasteiger partial charge in [-0.1, -0.05) is 17.8 Å². The minimum absolute atomic E-state index is 0. The van der Waals surface area contributed by atoms with Gasteiger partial charge in [0.05, 0.1) is 21.6 Å². The van der Waals surface area contributed by atoms with Crippen molar-refractivity contribution in [2.75, 3.05) is 5.32 Å². The van der Waals surface area contributed by atoms with Crippen LogP contribution in [0.2, 0.25) is 0 Å².